The zero-order chi connectivity index (χ0) is 6.69. The molecule has 0 amide bonds. The molecule has 1 aliphatic carbocycles. The number of hydrogen-bond acceptors (Lipinski definition) is 1. The molecule has 2 atom stereocenters. The second-order valence-electron chi connectivity index (χ2n) is 3.22. The summed E-state index contributed by atoms with van der Waals surface area (Å²) < 4.78 is 0. The minimum Gasteiger partial charge on any atom is -0.313 e. The fraction of sp³-hybridized carbons (Fsp3) is 0.875. The van der Waals surface area contributed by atoms with Crippen molar-refractivity contribution >= 4 is 6.21 Å². The van der Waals surface area contributed by atoms with E-state index in [2.05, 4.69) is 6.92 Å². The van der Waals surface area contributed by atoms with Crippen molar-refractivity contribution in [1.29, 1.82) is 5.41 Å². The van der Waals surface area contributed by atoms with Gasteiger partial charge in [-0.25, -0.2) is 0 Å². The van der Waals surface area contributed by atoms with Crippen molar-refractivity contribution in [1.82, 2.24) is 0 Å². The standard InChI is InChI=1S/C8H15N/c1-7-2-3-8(6-7)4-5-9/h5,7-9H,2-4,6H2,1H3. The fourth-order valence-electron chi connectivity index (χ4n) is 1.71. The molecule has 0 aromatic heterocycles. The molecule has 0 spiro atoms. The summed E-state index contributed by atoms with van der Waals surface area (Å²) in [6.07, 6.45) is 6.68. The molecule has 0 bridgehead atoms. The molecule has 0 radical (unpaired) electrons. The van der Waals surface area contributed by atoms with Gasteiger partial charge in [0.1, 0.15) is 0 Å². The van der Waals surface area contributed by atoms with E-state index in [4.69, 9.17) is 5.41 Å². The topological polar surface area (TPSA) is 23.9 Å². The Morgan fingerprint density at radius 1 is 1.56 bits per heavy atom. The van der Waals surface area contributed by atoms with Crippen molar-refractivity contribution in [2.75, 3.05) is 0 Å². The summed E-state index contributed by atoms with van der Waals surface area (Å²) in [5.74, 6) is 1.77. The van der Waals surface area contributed by atoms with Gasteiger partial charge >= 0.3 is 0 Å². The van der Waals surface area contributed by atoms with Crippen molar-refractivity contribution in [2.45, 2.75) is 32.6 Å². The Labute approximate surface area is 57.0 Å². The maximum atomic E-state index is 6.91. The van der Waals surface area contributed by atoms with Crippen LogP contribution in [0.1, 0.15) is 32.6 Å². The summed E-state index contributed by atoms with van der Waals surface area (Å²) in [7, 11) is 0. The van der Waals surface area contributed by atoms with E-state index in [-0.39, 0.29) is 0 Å². The van der Waals surface area contributed by atoms with E-state index in [0.29, 0.717) is 0 Å². The highest BCUT2D eigenvalue weighted by atomic mass is 14.3. The van der Waals surface area contributed by atoms with Gasteiger partial charge in [-0.15, -0.1) is 0 Å². The van der Waals surface area contributed by atoms with Gasteiger partial charge in [-0.2, -0.15) is 0 Å². The van der Waals surface area contributed by atoms with Crippen molar-refractivity contribution < 1.29 is 0 Å². The van der Waals surface area contributed by atoms with E-state index in [9.17, 15) is 0 Å². The van der Waals surface area contributed by atoms with Crippen LogP contribution >= 0.6 is 0 Å². The zero-order valence-electron chi connectivity index (χ0n) is 6.06. The number of hydrogen-bond donors (Lipinski definition) is 1. The normalized spacial score (nSPS) is 34.8. The third-order valence-electron chi connectivity index (χ3n) is 2.25. The van der Waals surface area contributed by atoms with Gasteiger partial charge in [0.15, 0.2) is 0 Å². The Morgan fingerprint density at radius 3 is 2.78 bits per heavy atom. The van der Waals surface area contributed by atoms with Gasteiger partial charge in [0.25, 0.3) is 0 Å². The van der Waals surface area contributed by atoms with Crippen LogP contribution in [0.25, 0.3) is 0 Å². The fourth-order valence-corrected chi connectivity index (χ4v) is 1.71. The lowest BCUT2D eigenvalue weighted by Crippen LogP contribution is -1.93. The van der Waals surface area contributed by atoms with Crippen LogP contribution in [0.3, 0.4) is 0 Å². The first-order valence-electron chi connectivity index (χ1n) is 3.82. The molecule has 9 heavy (non-hydrogen) atoms. The molecule has 0 aliphatic heterocycles. The molecule has 1 heteroatoms. The second kappa shape index (κ2) is 3.00. The molecule has 1 rings (SSSR count). The predicted octanol–water partition coefficient (Wildman–Crippen LogP) is 2.46. The molecule has 52 valence electrons. The molecule has 1 nitrogen and oxygen atoms in total. The monoisotopic (exact) mass is 125 g/mol. The summed E-state index contributed by atoms with van der Waals surface area (Å²) in [4.78, 5) is 0. The van der Waals surface area contributed by atoms with Gasteiger partial charge in [-0.1, -0.05) is 13.3 Å². The Balaban J connectivity index is 2.21. The van der Waals surface area contributed by atoms with Crippen molar-refractivity contribution in [2.24, 2.45) is 11.8 Å². The quantitative estimate of drug-likeness (QED) is 0.548. The van der Waals surface area contributed by atoms with Crippen LogP contribution in [0.4, 0.5) is 0 Å². The Hall–Kier alpha value is -0.330. The molecule has 1 saturated carbocycles. The van der Waals surface area contributed by atoms with E-state index in [1.165, 1.54) is 19.3 Å². The summed E-state index contributed by atoms with van der Waals surface area (Å²) in [6.45, 7) is 2.31. The molecule has 0 aromatic carbocycles. The summed E-state index contributed by atoms with van der Waals surface area (Å²) in [5.41, 5.74) is 0. The van der Waals surface area contributed by atoms with E-state index < -0.39 is 0 Å². The van der Waals surface area contributed by atoms with Gasteiger partial charge in [0.2, 0.25) is 0 Å². The van der Waals surface area contributed by atoms with Crippen molar-refractivity contribution in [3.8, 4) is 0 Å². The van der Waals surface area contributed by atoms with E-state index in [0.717, 1.165) is 18.3 Å². The number of rotatable bonds is 2. The van der Waals surface area contributed by atoms with Crippen LogP contribution in [-0.2, 0) is 0 Å². The lowest BCUT2D eigenvalue weighted by Gasteiger charge is -2.02. The second-order valence-corrected chi connectivity index (χ2v) is 3.22. The Morgan fingerprint density at radius 2 is 2.33 bits per heavy atom. The Kier molecular flexibility index (Phi) is 2.26. The highest BCUT2D eigenvalue weighted by Crippen LogP contribution is 2.31. The number of nitrogens with one attached hydrogen (secondary N) is 1. The van der Waals surface area contributed by atoms with E-state index >= 15 is 0 Å². The maximum absolute atomic E-state index is 6.91. The minimum absolute atomic E-state index is 0.845. The maximum Gasteiger partial charge on any atom is -0.00450 e. The SMILES string of the molecule is CC1CCC(CC=N)C1. The molecule has 0 aromatic rings. The van der Waals surface area contributed by atoms with Crippen LogP contribution in [0.5, 0.6) is 0 Å². The molecule has 0 saturated heterocycles. The van der Waals surface area contributed by atoms with Gasteiger partial charge < -0.3 is 5.41 Å². The van der Waals surface area contributed by atoms with Gasteiger partial charge in [0.05, 0.1) is 0 Å². The first-order chi connectivity index (χ1) is 4.33. The van der Waals surface area contributed by atoms with E-state index in [1.54, 1.807) is 6.21 Å². The first kappa shape index (κ1) is 6.79. The summed E-state index contributed by atoms with van der Waals surface area (Å²) in [5, 5.41) is 6.91. The first-order valence-corrected chi connectivity index (χ1v) is 3.82. The van der Waals surface area contributed by atoms with Crippen LogP contribution < -0.4 is 0 Å². The summed E-state index contributed by atoms with van der Waals surface area (Å²) >= 11 is 0. The molecular formula is C8H15N. The average molecular weight is 125 g/mol. The zero-order valence-corrected chi connectivity index (χ0v) is 6.06. The highest BCUT2D eigenvalue weighted by molar-refractivity contribution is 5.53. The van der Waals surface area contributed by atoms with Crippen LogP contribution in [-0.4, -0.2) is 6.21 Å². The lowest BCUT2D eigenvalue weighted by atomic mass is 10.0. The molecule has 1 aliphatic rings. The minimum atomic E-state index is 0.845. The van der Waals surface area contributed by atoms with Gasteiger partial charge in [0, 0.05) is 0 Å². The van der Waals surface area contributed by atoms with Crippen LogP contribution in [0.2, 0.25) is 0 Å². The van der Waals surface area contributed by atoms with Gasteiger partial charge in [-0.3, -0.25) is 0 Å². The van der Waals surface area contributed by atoms with Crippen LogP contribution in [0.15, 0.2) is 0 Å². The molecule has 2 unspecified atom stereocenters. The molecule has 0 heterocycles. The summed E-state index contributed by atoms with van der Waals surface area (Å²) in [6, 6.07) is 0. The smallest absolute Gasteiger partial charge is 0.00450 e. The van der Waals surface area contributed by atoms with Crippen LogP contribution in [0, 0.1) is 17.2 Å². The van der Waals surface area contributed by atoms with E-state index in [1.807, 2.05) is 0 Å². The Bertz CT molecular complexity index is 98.7. The van der Waals surface area contributed by atoms with Crippen molar-refractivity contribution in [3.05, 3.63) is 0 Å². The largest absolute Gasteiger partial charge is 0.313 e. The molecule has 1 N–H and O–H groups in total. The molecular weight excluding hydrogens is 110 g/mol. The third kappa shape index (κ3) is 1.81. The van der Waals surface area contributed by atoms with Crippen molar-refractivity contribution in [3.63, 3.8) is 0 Å². The van der Waals surface area contributed by atoms with Gasteiger partial charge in [-0.05, 0) is 37.3 Å². The third-order valence-corrected chi connectivity index (χ3v) is 2.25. The highest BCUT2D eigenvalue weighted by Gasteiger charge is 2.19. The predicted molar refractivity (Wildman–Crippen MR) is 39.9 cm³/mol. The lowest BCUT2D eigenvalue weighted by molar-refractivity contribution is 0.534. The average Bonchev–Trinajstić information content (AvgIpc) is 2.17. The molecule has 1 fully saturated rings.